The van der Waals surface area contributed by atoms with Crippen molar-refractivity contribution in [2.45, 2.75) is 51.9 Å². The van der Waals surface area contributed by atoms with Crippen LogP contribution in [-0.2, 0) is 10.8 Å². The number of fused-ring (bicyclic) bond motifs is 12. The molecule has 0 fully saturated rings. The van der Waals surface area contributed by atoms with Gasteiger partial charge >= 0.3 is 0 Å². The van der Waals surface area contributed by atoms with Gasteiger partial charge in [0.15, 0.2) is 0 Å². The van der Waals surface area contributed by atoms with Crippen LogP contribution in [0.4, 0.5) is 0 Å². The van der Waals surface area contributed by atoms with Gasteiger partial charge in [-0.15, -0.1) is 0 Å². The first kappa shape index (κ1) is 38.6. The fraction of sp³-hybridized carbons (Fsp3) is 0.147. The summed E-state index contributed by atoms with van der Waals surface area (Å²) in [6, 6.07) is 57.0. The van der Waals surface area contributed by atoms with Crippen molar-refractivity contribution in [3.63, 3.8) is 0 Å². The van der Waals surface area contributed by atoms with E-state index in [1.165, 1.54) is 149 Å². The maximum absolute atomic E-state index is 2.59. The fourth-order valence-electron chi connectivity index (χ4n) is 13.8. The summed E-state index contributed by atoms with van der Waals surface area (Å²) in [5.74, 6) is 0.749. The molecule has 0 aromatic heterocycles. The average molecular weight is 867 g/mol. The molecule has 0 radical (unpaired) electrons. The van der Waals surface area contributed by atoms with Crippen LogP contribution in [0.3, 0.4) is 0 Å². The lowest BCUT2D eigenvalue weighted by atomic mass is 9.64. The van der Waals surface area contributed by atoms with E-state index < -0.39 is 5.41 Å². The second-order valence-electron chi connectivity index (χ2n) is 21.6. The number of hydrogen-bond donors (Lipinski definition) is 0. The third-order valence-electron chi connectivity index (χ3n) is 16.8. The molecule has 0 aliphatic heterocycles. The van der Waals surface area contributed by atoms with E-state index in [9.17, 15) is 0 Å². The average Bonchev–Trinajstić information content (AvgIpc) is 3.83. The molecule has 1 spiro atoms. The van der Waals surface area contributed by atoms with E-state index in [1.807, 2.05) is 0 Å². The molecule has 68 heavy (non-hydrogen) atoms. The smallest absolute Gasteiger partial charge is 0.0731 e. The molecular weight excluding hydrogens is 817 g/mol. The molecule has 0 bridgehead atoms. The SMILES string of the molecule is CC(C)C1=CCC2=CC=C3C(c4ccc5c(c4)C4(c6ccccc6-c6ccccc64)c4c-5ccc5c(-c6cc7ccc8cc(C(C)(C)C)cc9ccc(c6)c7c89)cccc45)=CC=C4C=CC1=C2C43. The predicted molar refractivity (Wildman–Crippen MR) is 288 cm³/mol. The van der Waals surface area contributed by atoms with E-state index in [4.69, 9.17) is 0 Å². The lowest BCUT2D eigenvalue weighted by Gasteiger charge is -2.39. The van der Waals surface area contributed by atoms with Crippen LogP contribution in [-0.4, -0.2) is 0 Å². The van der Waals surface area contributed by atoms with Gasteiger partial charge in [-0.1, -0.05) is 205 Å². The van der Waals surface area contributed by atoms with Crippen LogP contribution >= 0.6 is 0 Å². The van der Waals surface area contributed by atoms with Crippen LogP contribution in [0.2, 0.25) is 0 Å². The van der Waals surface area contributed by atoms with E-state index in [1.54, 1.807) is 0 Å². The molecule has 0 saturated carbocycles. The summed E-state index contributed by atoms with van der Waals surface area (Å²) in [5.41, 5.74) is 25.7. The van der Waals surface area contributed by atoms with E-state index in [0.717, 1.165) is 6.42 Å². The van der Waals surface area contributed by atoms with Crippen LogP contribution in [0.25, 0.3) is 82.0 Å². The Bertz CT molecular complexity index is 3930. The summed E-state index contributed by atoms with van der Waals surface area (Å²) in [6.45, 7) is 11.6. The first-order valence-corrected chi connectivity index (χ1v) is 24.8. The fourth-order valence-corrected chi connectivity index (χ4v) is 13.8. The summed E-state index contributed by atoms with van der Waals surface area (Å²) in [4.78, 5) is 0. The van der Waals surface area contributed by atoms with Gasteiger partial charge in [-0.25, -0.2) is 0 Å². The molecule has 1 atom stereocenters. The number of benzene rings is 9. The summed E-state index contributed by atoms with van der Waals surface area (Å²) in [7, 11) is 0. The van der Waals surface area contributed by atoms with E-state index >= 15 is 0 Å². The zero-order chi connectivity index (χ0) is 45.4. The Morgan fingerprint density at radius 2 is 1.18 bits per heavy atom. The van der Waals surface area contributed by atoms with Gasteiger partial charge in [-0.05, 0) is 185 Å². The minimum Gasteiger partial charge on any atom is -0.0760 e. The van der Waals surface area contributed by atoms with E-state index in [2.05, 4.69) is 223 Å². The molecular formula is C68H50. The van der Waals surface area contributed by atoms with Crippen molar-refractivity contribution in [2.75, 3.05) is 0 Å². The maximum atomic E-state index is 2.59. The number of rotatable bonds is 3. The molecule has 0 amide bonds. The topological polar surface area (TPSA) is 0 Å². The number of allylic oxidation sites excluding steroid dienone is 14. The minimum atomic E-state index is -0.501. The number of hydrogen-bond acceptors (Lipinski definition) is 0. The van der Waals surface area contributed by atoms with Crippen LogP contribution in [0.15, 0.2) is 222 Å². The Kier molecular flexibility index (Phi) is 7.56. The highest BCUT2D eigenvalue weighted by Gasteiger charge is 2.53. The highest BCUT2D eigenvalue weighted by molar-refractivity contribution is 6.24. The Morgan fingerprint density at radius 3 is 1.87 bits per heavy atom. The molecule has 322 valence electrons. The highest BCUT2D eigenvalue weighted by Crippen LogP contribution is 2.65. The summed E-state index contributed by atoms with van der Waals surface area (Å²) in [6.07, 6.45) is 17.9. The van der Waals surface area contributed by atoms with Crippen molar-refractivity contribution in [2.24, 2.45) is 11.8 Å². The second-order valence-corrected chi connectivity index (χ2v) is 21.6. The summed E-state index contributed by atoms with van der Waals surface area (Å²) >= 11 is 0. The van der Waals surface area contributed by atoms with Crippen molar-refractivity contribution < 1.29 is 0 Å². The predicted octanol–water partition coefficient (Wildman–Crippen LogP) is 17.7. The van der Waals surface area contributed by atoms with Crippen molar-refractivity contribution in [3.8, 4) is 33.4 Å². The lowest BCUT2D eigenvalue weighted by Crippen LogP contribution is -2.26. The first-order chi connectivity index (χ1) is 33.2. The Balaban J connectivity index is 0.943. The monoisotopic (exact) mass is 866 g/mol. The van der Waals surface area contributed by atoms with Gasteiger partial charge in [0.2, 0.25) is 0 Å². The molecule has 1 unspecified atom stereocenters. The first-order valence-electron chi connectivity index (χ1n) is 24.8. The minimum absolute atomic E-state index is 0.0852. The third-order valence-corrected chi connectivity index (χ3v) is 16.8. The van der Waals surface area contributed by atoms with E-state index in [-0.39, 0.29) is 11.3 Å². The zero-order valence-electron chi connectivity index (χ0n) is 39.3. The normalized spacial score (nSPS) is 18.1. The van der Waals surface area contributed by atoms with Gasteiger partial charge in [0.05, 0.1) is 5.41 Å². The van der Waals surface area contributed by atoms with Crippen LogP contribution in [0.5, 0.6) is 0 Å². The van der Waals surface area contributed by atoms with Crippen molar-refractivity contribution in [1.29, 1.82) is 0 Å². The second kappa shape index (κ2) is 13.3. The van der Waals surface area contributed by atoms with E-state index in [0.29, 0.717) is 5.92 Å². The largest absolute Gasteiger partial charge is 0.0760 e. The molecule has 0 heterocycles. The summed E-state index contributed by atoms with van der Waals surface area (Å²) in [5, 5.41) is 10.6. The van der Waals surface area contributed by atoms with Gasteiger partial charge in [-0.2, -0.15) is 0 Å². The van der Waals surface area contributed by atoms with Crippen LogP contribution in [0, 0.1) is 11.8 Å². The third kappa shape index (κ3) is 4.90. The quantitative estimate of drug-likeness (QED) is 0.155. The molecule has 0 heteroatoms. The highest BCUT2D eigenvalue weighted by atomic mass is 14.5. The molecule has 6 aliphatic carbocycles. The van der Waals surface area contributed by atoms with Crippen LogP contribution in [0.1, 0.15) is 74.4 Å². The molecule has 9 aromatic rings. The van der Waals surface area contributed by atoms with Gasteiger partial charge in [0, 0.05) is 5.92 Å². The Labute approximate surface area is 398 Å². The molecule has 6 aliphatic rings. The molecule has 15 rings (SSSR count). The lowest BCUT2D eigenvalue weighted by molar-refractivity contribution is 0.591. The van der Waals surface area contributed by atoms with Crippen molar-refractivity contribution >= 4 is 48.7 Å². The van der Waals surface area contributed by atoms with Gasteiger partial charge in [-0.3, -0.25) is 0 Å². The Morgan fingerprint density at radius 1 is 0.529 bits per heavy atom. The molecule has 0 saturated heterocycles. The molecule has 0 N–H and O–H groups in total. The van der Waals surface area contributed by atoms with Gasteiger partial charge < -0.3 is 0 Å². The maximum Gasteiger partial charge on any atom is 0.0731 e. The Hall–Kier alpha value is -7.54. The molecule has 9 aromatic carbocycles. The standard InChI is InChI=1S/C68H50/c1-38(2)48-26-21-39-24-30-56-50(27-22-40-23-29-55(48)64(39)65(40)56)41-25-28-54-58-32-31-51-49(46-33-42-17-19-44-35-47(67(3,4)5)36-45-20-18-43(34-46)62(42)63(44)45)13-10-14-57(51)66(58)68(61(54)37-41)59-15-8-6-11-52(59)53-12-7-9-16-60(53)68/h6-20,22-38,65H,21H2,1-5H3. The van der Waals surface area contributed by atoms with Gasteiger partial charge in [0.1, 0.15) is 0 Å². The van der Waals surface area contributed by atoms with Crippen LogP contribution < -0.4 is 0 Å². The molecule has 0 nitrogen and oxygen atoms in total. The van der Waals surface area contributed by atoms with Crippen molar-refractivity contribution in [3.05, 3.63) is 255 Å². The zero-order valence-corrected chi connectivity index (χ0v) is 39.3. The van der Waals surface area contributed by atoms with Crippen molar-refractivity contribution in [1.82, 2.24) is 0 Å². The summed E-state index contributed by atoms with van der Waals surface area (Å²) < 4.78 is 0. The van der Waals surface area contributed by atoms with Gasteiger partial charge in [0.25, 0.3) is 0 Å².